The Morgan fingerprint density at radius 1 is 1.12 bits per heavy atom. The van der Waals surface area contributed by atoms with Crippen molar-refractivity contribution in [3.05, 3.63) is 23.3 Å². The molecule has 2 unspecified atom stereocenters. The van der Waals surface area contributed by atoms with Gasteiger partial charge >= 0.3 is 0 Å². The van der Waals surface area contributed by atoms with Crippen LogP contribution in [0, 0.1) is 28.6 Å². The third kappa shape index (κ3) is 2.14. The molecule has 0 bridgehead atoms. The van der Waals surface area contributed by atoms with E-state index in [4.69, 9.17) is 0 Å². The predicted molar refractivity (Wildman–Crippen MR) is 94.2 cm³/mol. The maximum absolute atomic E-state index is 11.2. The van der Waals surface area contributed by atoms with E-state index in [-0.39, 0.29) is 41.0 Å². The second-order valence-electron chi connectivity index (χ2n) is 9.40. The quantitative estimate of drug-likeness (QED) is 0.691. The fourth-order valence-corrected chi connectivity index (χ4v) is 6.94. The molecule has 8 atom stereocenters. The van der Waals surface area contributed by atoms with Gasteiger partial charge in [-0.05, 0) is 68.1 Å². The average Bonchev–Trinajstić information content (AvgIpc) is 2.84. The van der Waals surface area contributed by atoms with Gasteiger partial charge in [-0.3, -0.25) is 0 Å². The predicted octanol–water partition coefficient (Wildman–Crippen LogP) is 3.20. The fourth-order valence-electron chi connectivity index (χ4n) is 6.94. The van der Waals surface area contributed by atoms with Crippen molar-refractivity contribution in [2.45, 2.75) is 77.6 Å². The molecule has 0 heterocycles. The summed E-state index contributed by atoms with van der Waals surface area (Å²) in [6.45, 7) is 6.50. The number of fused-ring (bicyclic) bond motifs is 5. The molecule has 4 aliphatic rings. The van der Waals surface area contributed by atoms with Crippen LogP contribution in [0.4, 0.5) is 0 Å². The summed E-state index contributed by atoms with van der Waals surface area (Å²) in [7, 11) is 0. The minimum absolute atomic E-state index is 0.00575. The zero-order valence-corrected chi connectivity index (χ0v) is 15.2. The van der Waals surface area contributed by atoms with Crippen LogP contribution in [-0.4, -0.2) is 33.6 Å². The van der Waals surface area contributed by atoms with Gasteiger partial charge in [0.2, 0.25) is 0 Å². The summed E-state index contributed by atoms with van der Waals surface area (Å²) in [5.41, 5.74) is 2.74. The molecule has 0 aromatic carbocycles. The molecular formula is C21H32O3. The third-order valence-electron chi connectivity index (χ3n) is 8.14. The Balaban J connectivity index is 1.76. The summed E-state index contributed by atoms with van der Waals surface area (Å²) in [5.74, 6) is 0.952. The summed E-state index contributed by atoms with van der Waals surface area (Å²) >= 11 is 0. The monoisotopic (exact) mass is 332 g/mol. The number of rotatable bonds is 1. The van der Waals surface area contributed by atoms with Gasteiger partial charge in [0.25, 0.3) is 0 Å². The molecule has 0 aromatic rings. The van der Waals surface area contributed by atoms with Crippen LogP contribution >= 0.6 is 0 Å². The van der Waals surface area contributed by atoms with Crippen LogP contribution in [0.1, 0.15) is 59.3 Å². The molecule has 4 rings (SSSR count). The molecule has 4 aliphatic carbocycles. The van der Waals surface area contributed by atoms with E-state index in [2.05, 4.69) is 26.0 Å². The van der Waals surface area contributed by atoms with Gasteiger partial charge in [-0.1, -0.05) is 37.1 Å². The highest BCUT2D eigenvalue weighted by Gasteiger charge is 2.59. The van der Waals surface area contributed by atoms with Crippen molar-refractivity contribution in [3.8, 4) is 0 Å². The third-order valence-corrected chi connectivity index (χ3v) is 8.14. The fraction of sp³-hybridized carbons (Fsp3) is 0.810. The van der Waals surface area contributed by atoms with Crippen LogP contribution in [0.25, 0.3) is 0 Å². The molecule has 0 radical (unpaired) electrons. The average molecular weight is 332 g/mol. The van der Waals surface area contributed by atoms with E-state index in [0.29, 0.717) is 5.92 Å². The van der Waals surface area contributed by atoms with E-state index in [0.717, 1.165) is 38.5 Å². The highest BCUT2D eigenvalue weighted by atomic mass is 16.3. The second kappa shape index (κ2) is 5.43. The first-order valence-corrected chi connectivity index (χ1v) is 9.72. The summed E-state index contributed by atoms with van der Waals surface area (Å²) in [6.07, 6.45) is 9.15. The standard InChI is InChI=1S/C21H32O3/c1-12(22)16-6-7-17-15-5-4-13-10-14(23)8-9-20(13,2)19(15)18(24)11-21(16,17)3/h4-5,12,14,16-19,22-24H,6-11H2,1-3H3/t12-,14?,16+,17-,18?,19+,20-,21+/m0/s1. The number of hydrogen-bond acceptors (Lipinski definition) is 3. The maximum atomic E-state index is 11.2. The van der Waals surface area contributed by atoms with Crippen molar-refractivity contribution in [1.29, 1.82) is 0 Å². The van der Waals surface area contributed by atoms with E-state index < -0.39 is 0 Å². The molecule has 0 saturated heterocycles. The van der Waals surface area contributed by atoms with Crippen LogP contribution in [0.3, 0.4) is 0 Å². The van der Waals surface area contributed by atoms with Gasteiger partial charge in [0, 0.05) is 5.92 Å². The van der Waals surface area contributed by atoms with E-state index in [9.17, 15) is 15.3 Å². The normalized spacial score (nSPS) is 51.8. The number of aliphatic hydroxyl groups is 3. The van der Waals surface area contributed by atoms with E-state index in [1.165, 1.54) is 11.1 Å². The Morgan fingerprint density at radius 2 is 1.88 bits per heavy atom. The molecule has 24 heavy (non-hydrogen) atoms. The molecule has 3 nitrogen and oxygen atoms in total. The lowest BCUT2D eigenvalue weighted by atomic mass is 9.49. The molecule has 0 amide bonds. The zero-order valence-electron chi connectivity index (χ0n) is 15.2. The summed E-state index contributed by atoms with van der Waals surface area (Å²) in [4.78, 5) is 0. The highest BCUT2D eigenvalue weighted by molar-refractivity contribution is 5.40. The topological polar surface area (TPSA) is 60.7 Å². The van der Waals surface area contributed by atoms with Crippen molar-refractivity contribution in [1.82, 2.24) is 0 Å². The minimum Gasteiger partial charge on any atom is -0.393 e. The van der Waals surface area contributed by atoms with Gasteiger partial charge in [0.05, 0.1) is 18.3 Å². The number of hydrogen-bond donors (Lipinski definition) is 3. The van der Waals surface area contributed by atoms with Crippen molar-refractivity contribution in [2.75, 3.05) is 0 Å². The van der Waals surface area contributed by atoms with Crippen LogP contribution in [0.15, 0.2) is 23.3 Å². The van der Waals surface area contributed by atoms with E-state index in [1.807, 2.05) is 6.92 Å². The Hall–Kier alpha value is -0.640. The smallest absolute Gasteiger partial charge is 0.0619 e. The second-order valence-corrected chi connectivity index (χ2v) is 9.40. The molecular weight excluding hydrogens is 300 g/mol. The van der Waals surface area contributed by atoms with Crippen LogP contribution in [0.5, 0.6) is 0 Å². The Kier molecular flexibility index (Phi) is 3.80. The lowest BCUT2D eigenvalue weighted by molar-refractivity contribution is -0.0639. The van der Waals surface area contributed by atoms with Crippen LogP contribution in [0.2, 0.25) is 0 Å². The lowest BCUT2D eigenvalue weighted by Gasteiger charge is -2.56. The highest BCUT2D eigenvalue weighted by Crippen LogP contribution is 2.65. The molecule has 3 fully saturated rings. The first-order valence-electron chi connectivity index (χ1n) is 9.72. The van der Waals surface area contributed by atoms with Gasteiger partial charge < -0.3 is 15.3 Å². The van der Waals surface area contributed by atoms with Crippen molar-refractivity contribution in [2.24, 2.45) is 28.6 Å². The molecule has 3 heteroatoms. The Bertz CT molecular complexity index is 592. The largest absolute Gasteiger partial charge is 0.393 e. The first-order chi connectivity index (χ1) is 11.3. The molecule has 0 aromatic heterocycles. The minimum atomic E-state index is -0.346. The maximum Gasteiger partial charge on any atom is 0.0619 e. The van der Waals surface area contributed by atoms with E-state index >= 15 is 0 Å². The van der Waals surface area contributed by atoms with Crippen molar-refractivity contribution < 1.29 is 15.3 Å². The Morgan fingerprint density at radius 3 is 2.58 bits per heavy atom. The summed E-state index contributed by atoms with van der Waals surface area (Å²) < 4.78 is 0. The summed E-state index contributed by atoms with van der Waals surface area (Å²) in [5, 5.41) is 31.5. The first kappa shape index (κ1) is 16.8. The van der Waals surface area contributed by atoms with Gasteiger partial charge in [-0.15, -0.1) is 0 Å². The van der Waals surface area contributed by atoms with Crippen molar-refractivity contribution in [3.63, 3.8) is 0 Å². The number of allylic oxidation sites excluding steroid dienone is 2. The van der Waals surface area contributed by atoms with E-state index in [1.54, 1.807) is 0 Å². The molecule has 134 valence electrons. The van der Waals surface area contributed by atoms with Crippen LogP contribution < -0.4 is 0 Å². The zero-order chi connectivity index (χ0) is 17.3. The lowest BCUT2D eigenvalue weighted by Crippen LogP contribution is -2.53. The van der Waals surface area contributed by atoms with Crippen LogP contribution in [-0.2, 0) is 0 Å². The molecule has 3 N–H and O–H groups in total. The molecule has 0 aliphatic heterocycles. The van der Waals surface area contributed by atoms with Gasteiger partial charge in [0.1, 0.15) is 0 Å². The molecule has 0 spiro atoms. The van der Waals surface area contributed by atoms with Gasteiger partial charge in [-0.25, -0.2) is 0 Å². The Labute approximate surface area is 145 Å². The number of aliphatic hydroxyl groups excluding tert-OH is 3. The van der Waals surface area contributed by atoms with Crippen molar-refractivity contribution >= 4 is 0 Å². The van der Waals surface area contributed by atoms with Gasteiger partial charge in [-0.2, -0.15) is 0 Å². The van der Waals surface area contributed by atoms with Gasteiger partial charge in [0.15, 0.2) is 0 Å². The molecule has 3 saturated carbocycles. The summed E-state index contributed by atoms with van der Waals surface area (Å²) in [6, 6.07) is 0. The SMILES string of the molecule is C[C@H](O)[C@H]1CC[C@H]2C3=CC=C4CC(O)CC[C@]4(C)[C@H]3C(O)C[C@]12C.